The van der Waals surface area contributed by atoms with E-state index in [1.54, 1.807) is 11.0 Å². The van der Waals surface area contributed by atoms with Crippen molar-refractivity contribution in [2.45, 2.75) is 18.2 Å². The fourth-order valence-corrected chi connectivity index (χ4v) is 5.07. The van der Waals surface area contributed by atoms with E-state index in [2.05, 4.69) is 6.58 Å². The third-order valence-corrected chi connectivity index (χ3v) is 6.60. The lowest BCUT2D eigenvalue weighted by Crippen LogP contribution is -2.57. The molecular weight excluding hydrogens is 422 g/mol. The summed E-state index contributed by atoms with van der Waals surface area (Å²) in [7, 11) is 0. The van der Waals surface area contributed by atoms with Gasteiger partial charge in [-0.25, -0.2) is 5.01 Å². The molecule has 0 saturated heterocycles. The van der Waals surface area contributed by atoms with Crippen LogP contribution < -0.4 is 9.64 Å². The number of carbonyl (C=O) groups is 1. The fourth-order valence-electron chi connectivity index (χ4n) is 4.95. The molecule has 3 aliphatic heterocycles. The Labute approximate surface area is 191 Å². The van der Waals surface area contributed by atoms with Crippen LogP contribution in [0.1, 0.15) is 29.2 Å². The Balaban J connectivity index is 1.57. The predicted octanol–water partition coefficient (Wildman–Crippen LogP) is 5.27. The number of anilines is 1. The predicted molar refractivity (Wildman–Crippen MR) is 125 cm³/mol. The smallest absolute Gasteiger partial charge is 0.306 e. The van der Waals surface area contributed by atoms with E-state index >= 15 is 0 Å². The van der Waals surface area contributed by atoms with E-state index in [1.807, 2.05) is 77.8 Å². The van der Waals surface area contributed by atoms with Crippen LogP contribution in [0, 0.1) is 0 Å². The Morgan fingerprint density at radius 1 is 1.09 bits per heavy atom. The molecule has 158 valence electrons. The van der Waals surface area contributed by atoms with E-state index in [-0.39, 0.29) is 11.9 Å². The van der Waals surface area contributed by atoms with Gasteiger partial charge < -0.3 is 9.64 Å². The largest absolute Gasteiger partial charge is 0.453 e. The van der Waals surface area contributed by atoms with Crippen LogP contribution in [0.15, 0.2) is 90.6 Å². The number of halogens is 1. The van der Waals surface area contributed by atoms with Crippen molar-refractivity contribution < 1.29 is 9.53 Å². The summed E-state index contributed by atoms with van der Waals surface area (Å²) < 4.78 is 6.59. The van der Waals surface area contributed by atoms with Gasteiger partial charge in [-0.05, 0) is 29.8 Å². The molecule has 0 unspecified atom stereocenters. The van der Waals surface area contributed by atoms with Crippen molar-refractivity contribution in [3.05, 3.63) is 107 Å². The number of rotatable bonds is 3. The molecule has 3 heterocycles. The normalized spacial score (nSPS) is 22.8. The lowest BCUT2D eigenvalue weighted by Gasteiger charge is -2.44. The maximum atomic E-state index is 14.0. The first-order valence-corrected chi connectivity index (χ1v) is 10.9. The summed E-state index contributed by atoms with van der Waals surface area (Å²) >= 11 is 6.10. The van der Waals surface area contributed by atoms with Gasteiger partial charge in [-0.2, -0.15) is 5.10 Å². The summed E-state index contributed by atoms with van der Waals surface area (Å²) in [4.78, 5) is 15.7. The number of hydrazone groups is 1. The second-order valence-electron chi connectivity index (χ2n) is 8.12. The summed E-state index contributed by atoms with van der Waals surface area (Å²) in [6, 6.07) is 23.2. The molecule has 0 N–H and O–H groups in total. The molecule has 3 aromatic carbocycles. The van der Waals surface area contributed by atoms with E-state index in [4.69, 9.17) is 21.4 Å². The highest BCUT2D eigenvalue weighted by Gasteiger charge is 2.62. The highest BCUT2D eigenvalue weighted by atomic mass is 35.5. The molecule has 2 atom stereocenters. The highest BCUT2D eigenvalue weighted by Crippen LogP contribution is 2.55. The molecule has 5 nitrogen and oxygen atoms in total. The quantitative estimate of drug-likeness (QED) is 0.520. The maximum absolute atomic E-state index is 14.0. The Hall–Kier alpha value is -3.57. The zero-order valence-corrected chi connectivity index (χ0v) is 18.0. The van der Waals surface area contributed by atoms with Gasteiger partial charge in [-0.1, -0.05) is 66.2 Å². The number of para-hydroxylation sites is 2. The molecule has 0 aromatic heterocycles. The molecule has 1 amide bonds. The van der Waals surface area contributed by atoms with E-state index in [0.717, 1.165) is 28.1 Å². The van der Waals surface area contributed by atoms with Crippen LogP contribution in [0.4, 0.5) is 5.69 Å². The Morgan fingerprint density at radius 2 is 1.84 bits per heavy atom. The zero-order valence-electron chi connectivity index (χ0n) is 17.2. The lowest BCUT2D eigenvalue weighted by molar-refractivity contribution is -0.163. The zero-order chi connectivity index (χ0) is 21.9. The number of ether oxygens (including phenoxy) is 1. The number of carbonyl (C=O) groups excluding carboxylic acids is 1. The molecule has 0 bridgehead atoms. The van der Waals surface area contributed by atoms with Gasteiger partial charge in [0.1, 0.15) is 5.75 Å². The SMILES string of the molecule is C=CCN1C(=O)[C@@]2(Oc3ccccc3[C@H]3CC(c4ccc(Cl)cc4)=NN32)c2ccccc21. The van der Waals surface area contributed by atoms with Crippen LogP contribution in [0.3, 0.4) is 0 Å². The van der Waals surface area contributed by atoms with Gasteiger partial charge in [0, 0.05) is 23.6 Å². The van der Waals surface area contributed by atoms with Crippen molar-refractivity contribution >= 4 is 28.9 Å². The molecule has 1 spiro atoms. The summed E-state index contributed by atoms with van der Waals surface area (Å²) in [5.41, 5.74) is 3.18. The molecule has 6 rings (SSSR count). The van der Waals surface area contributed by atoms with Gasteiger partial charge >= 0.3 is 5.72 Å². The van der Waals surface area contributed by atoms with Crippen molar-refractivity contribution in [3.8, 4) is 5.75 Å². The second kappa shape index (κ2) is 6.97. The lowest BCUT2D eigenvalue weighted by atomic mass is 9.92. The van der Waals surface area contributed by atoms with Gasteiger partial charge in [-0.15, -0.1) is 6.58 Å². The average molecular weight is 442 g/mol. The minimum Gasteiger partial charge on any atom is -0.453 e. The molecule has 0 saturated carbocycles. The van der Waals surface area contributed by atoms with Gasteiger partial charge in [0.05, 0.1) is 23.0 Å². The molecule has 0 aliphatic carbocycles. The number of amides is 1. The Morgan fingerprint density at radius 3 is 2.66 bits per heavy atom. The fraction of sp³-hybridized carbons (Fsp3) is 0.154. The van der Waals surface area contributed by atoms with E-state index < -0.39 is 5.72 Å². The monoisotopic (exact) mass is 441 g/mol. The second-order valence-corrected chi connectivity index (χ2v) is 8.56. The van der Waals surface area contributed by atoms with Crippen LogP contribution >= 0.6 is 11.6 Å². The van der Waals surface area contributed by atoms with Crippen molar-refractivity contribution in [2.24, 2.45) is 5.10 Å². The van der Waals surface area contributed by atoms with E-state index in [0.29, 0.717) is 23.7 Å². The van der Waals surface area contributed by atoms with Gasteiger partial charge in [0.2, 0.25) is 0 Å². The Kier molecular flexibility index (Phi) is 4.17. The minimum absolute atomic E-state index is 0.119. The van der Waals surface area contributed by atoms with Gasteiger partial charge in [-0.3, -0.25) is 4.79 Å². The molecular formula is C26H20ClN3O2. The van der Waals surface area contributed by atoms with E-state index in [1.165, 1.54) is 0 Å². The van der Waals surface area contributed by atoms with E-state index in [9.17, 15) is 4.79 Å². The molecule has 0 radical (unpaired) electrons. The minimum atomic E-state index is -1.35. The number of nitrogens with zero attached hydrogens (tertiary/aromatic N) is 3. The van der Waals surface area contributed by atoms with Crippen molar-refractivity contribution in [1.29, 1.82) is 0 Å². The first-order valence-electron chi connectivity index (χ1n) is 10.6. The Bertz CT molecular complexity index is 1290. The molecule has 3 aromatic rings. The summed E-state index contributed by atoms with van der Waals surface area (Å²) in [6.45, 7) is 4.24. The molecule has 32 heavy (non-hydrogen) atoms. The standard InChI is InChI=1S/C26H20ClN3O2/c1-2-15-29-22-9-5-4-8-20(22)26(25(29)31)30-23(19-7-3-6-10-24(19)32-26)16-21(28-30)17-11-13-18(27)14-12-17/h2-14,23H,1,15-16H2/t23-,26+/m1/s1. The number of hydrogen-bond donors (Lipinski definition) is 0. The number of fused-ring (bicyclic) bond motifs is 6. The highest BCUT2D eigenvalue weighted by molar-refractivity contribution is 6.30. The summed E-state index contributed by atoms with van der Waals surface area (Å²) in [6.07, 6.45) is 2.40. The van der Waals surface area contributed by atoms with Crippen LogP contribution in [0.2, 0.25) is 5.02 Å². The van der Waals surface area contributed by atoms with Crippen LogP contribution in [0.25, 0.3) is 0 Å². The number of benzene rings is 3. The van der Waals surface area contributed by atoms with Gasteiger partial charge in [0.15, 0.2) is 0 Å². The van der Waals surface area contributed by atoms with Gasteiger partial charge in [0.25, 0.3) is 5.91 Å². The third kappa shape index (κ3) is 2.52. The molecule has 0 fully saturated rings. The first kappa shape index (κ1) is 19.1. The number of hydrogen-bond acceptors (Lipinski definition) is 4. The third-order valence-electron chi connectivity index (χ3n) is 6.35. The topological polar surface area (TPSA) is 45.1 Å². The van der Waals surface area contributed by atoms with Crippen molar-refractivity contribution in [1.82, 2.24) is 5.01 Å². The van der Waals surface area contributed by atoms with Crippen molar-refractivity contribution in [2.75, 3.05) is 11.4 Å². The maximum Gasteiger partial charge on any atom is 0.306 e. The average Bonchev–Trinajstić information content (AvgIpc) is 3.36. The van der Waals surface area contributed by atoms with Crippen LogP contribution in [0.5, 0.6) is 5.75 Å². The molecule has 6 heteroatoms. The van der Waals surface area contributed by atoms with Crippen molar-refractivity contribution in [3.63, 3.8) is 0 Å². The summed E-state index contributed by atoms with van der Waals surface area (Å²) in [5, 5.41) is 7.54. The first-order chi connectivity index (χ1) is 15.6. The van der Waals surface area contributed by atoms with Crippen LogP contribution in [-0.2, 0) is 10.5 Å². The summed E-state index contributed by atoms with van der Waals surface area (Å²) in [5.74, 6) is 0.559. The van der Waals surface area contributed by atoms with Crippen LogP contribution in [-0.4, -0.2) is 23.2 Å². The molecule has 3 aliphatic rings.